The number of aromatic nitrogens is 3. The number of carbonyl (C=O) groups is 1. The van der Waals surface area contributed by atoms with Gasteiger partial charge in [0.2, 0.25) is 0 Å². The lowest BCUT2D eigenvalue weighted by atomic mass is 10.1. The van der Waals surface area contributed by atoms with E-state index in [1.807, 2.05) is 6.08 Å². The van der Waals surface area contributed by atoms with E-state index in [9.17, 15) is 14.3 Å². The number of thioether (sulfide) groups is 1. The van der Waals surface area contributed by atoms with E-state index in [0.717, 1.165) is 48.7 Å². The van der Waals surface area contributed by atoms with Crippen molar-refractivity contribution in [3.8, 4) is 0 Å². The molecule has 6 nitrogen and oxygen atoms in total. The zero-order chi connectivity index (χ0) is 19.8. The van der Waals surface area contributed by atoms with Gasteiger partial charge in [0.05, 0.1) is 10.6 Å². The molecule has 0 spiro atoms. The first-order valence-electron chi connectivity index (χ1n) is 9.22. The summed E-state index contributed by atoms with van der Waals surface area (Å²) in [5.74, 6) is -0.333. The van der Waals surface area contributed by atoms with Crippen molar-refractivity contribution in [1.82, 2.24) is 19.7 Å². The summed E-state index contributed by atoms with van der Waals surface area (Å²) in [7, 11) is 0. The van der Waals surface area contributed by atoms with E-state index >= 15 is 0 Å². The fourth-order valence-corrected chi connectivity index (χ4v) is 4.16. The Bertz CT molecular complexity index is 834. The molecule has 2 heterocycles. The van der Waals surface area contributed by atoms with Crippen molar-refractivity contribution < 1.29 is 14.3 Å². The fraction of sp³-hybridized carbons (Fsp3) is 0.350. The van der Waals surface area contributed by atoms with Crippen LogP contribution >= 0.6 is 11.8 Å². The fourth-order valence-electron chi connectivity index (χ4n) is 3.01. The molecule has 148 valence electrons. The van der Waals surface area contributed by atoms with Gasteiger partial charge in [0.1, 0.15) is 18.5 Å². The van der Waals surface area contributed by atoms with Crippen molar-refractivity contribution >= 4 is 17.7 Å². The molecule has 3 rings (SSSR count). The maximum absolute atomic E-state index is 13.0. The Kier molecular flexibility index (Phi) is 7.25. The van der Waals surface area contributed by atoms with Gasteiger partial charge in [0, 0.05) is 19.6 Å². The quantitative estimate of drug-likeness (QED) is 0.615. The van der Waals surface area contributed by atoms with Crippen LogP contribution in [-0.2, 0) is 17.8 Å². The number of hydrogen-bond acceptors (Lipinski definition) is 5. The Morgan fingerprint density at radius 3 is 2.75 bits per heavy atom. The molecule has 28 heavy (non-hydrogen) atoms. The highest BCUT2D eigenvalue weighted by molar-refractivity contribution is 8.03. The molecule has 8 heteroatoms. The van der Waals surface area contributed by atoms with Gasteiger partial charge in [0.25, 0.3) is 0 Å². The van der Waals surface area contributed by atoms with Crippen molar-refractivity contribution in [3.05, 3.63) is 71.1 Å². The standard InChI is InChI=1S/C20H23FN4O2S/c21-17-8-6-16(7-9-17)4-2-13-28-19-18(20(26)27)5-1-10-24(19)11-3-12-25-15-22-14-23-25/h1,5-9,14-15H,2-4,10-13H2,(H,26,27). The minimum absolute atomic E-state index is 0.232. The SMILES string of the molecule is O=C(O)C1=C(SCCCc2ccc(F)cc2)N(CCCn2cncn2)CC=C1. The van der Waals surface area contributed by atoms with Gasteiger partial charge in [-0.1, -0.05) is 18.2 Å². The van der Waals surface area contributed by atoms with Crippen molar-refractivity contribution in [1.29, 1.82) is 0 Å². The minimum atomic E-state index is -0.904. The van der Waals surface area contributed by atoms with Crippen molar-refractivity contribution in [2.24, 2.45) is 0 Å². The van der Waals surface area contributed by atoms with E-state index < -0.39 is 5.97 Å². The summed E-state index contributed by atoms with van der Waals surface area (Å²) in [6.45, 7) is 2.20. The molecule has 1 aliphatic rings. The lowest BCUT2D eigenvalue weighted by Crippen LogP contribution is -2.29. The van der Waals surface area contributed by atoms with Gasteiger partial charge in [-0.25, -0.2) is 14.2 Å². The summed E-state index contributed by atoms with van der Waals surface area (Å²) in [6.07, 6.45) is 9.35. The van der Waals surface area contributed by atoms with Crippen LogP contribution in [0.5, 0.6) is 0 Å². The zero-order valence-corrected chi connectivity index (χ0v) is 16.3. The molecule has 0 atom stereocenters. The van der Waals surface area contributed by atoms with Gasteiger partial charge < -0.3 is 10.0 Å². The number of halogens is 1. The van der Waals surface area contributed by atoms with Gasteiger partial charge in [-0.2, -0.15) is 5.10 Å². The third-order valence-corrected chi connectivity index (χ3v) is 5.65. The summed E-state index contributed by atoms with van der Waals surface area (Å²) in [6, 6.07) is 6.52. The van der Waals surface area contributed by atoms with Gasteiger partial charge >= 0.3 is 5.97 Å². The van der Waals surface area contributed by atoms with Crippen molar-refractivity contribution in [2.75, 3.05) is 18.8 Å². The molecule has 1 aliphatic heterocycles. The molecule has 0 aliphatic carbocycles. The molecule has 0 saturated carbocycles. The largest absolute Gasteiger partial charge is 0.478 e. The topological polar surface area (TPSA) is 71.2 Å². The molecule has 0 amide bonds. The Balaban J connectivity index is 1.55. The van der Waals surface area contributed by atoms with E-state index in [1.165, 1.54) is 18.5 Å². The summed E-state index contributed by atoms with van der Waals surface area (Å²) in [5.41, 5.74) is 1.43. The average molecular weight is 402 g/mol. The Hall–Kier alpha value is -2.61. The van der Waals surface area contributed by atoms with Gasteiger partial charge in [-0.15, -0.1) is 11.8 Å². The number of aliphatic carboxylic acids is 1. The van der Waals surface area contributed by atoms with Crippen molar-refractivity contribution in [2.45, 2.75) is 25.8 Å². The predicted octanol–water partition coefficient (Wildman–Crippen LogP) is 3.34. The van der Waals surface area contributed by atoms with Crippen LogP contribution in [0.1, 0.15) is 18.4 Å². The van der Waals surface area contributed by atoms with E-state index in [1.54, 1.807) is 41.0 Å². The summed E-state index contributed by atoms with van der Waals surface area (Å²) < 4.78 is 14.8. The number of hydrogen-bond donors (Lipinski definition) is 1. The second-order valence-electron chi connectivity index (χ2n) is 6.46. The molecule has 0 unspecified atom stereocenters. The van der Waals surface area contributed by atoms with Gasteiger partial charge in [-0.05, 0) is 48.8 Å². The lowest BCUT2D eigenvalue weighted by molar-refractivity contribution is -0.132. The van der Waals surface area contributed by atoms with Crippen LogP contribution in [0.3, 0.4) is 0 Å². The average Bonchev–Trinajstić information content (AvgIpc) is 3.20. The molecule has 1 aromatic heterocycles. The Labute approximate surface area is 167 Å². The monoisotopic (exact) mass is 402 g/mol. The van der Waals surface area contributed by atoms with Crippen LogP contribution in [-0.4, -0.2) is 49.6 Å². The number of aryl methyl sites for hydroxylation is 2. The number of nitrogens with zero attached hydrogens (tertiary/aromatic N) is 4. The number of carboxylic acids is 1. The third-order valence-electron chi connectivity index (χ3n) is 4.40. The Morgan fingerprint density at radius 1 is 1.21 bits per heavy atom. The van der Waals surface area contributed by atoms with Crippen LogP contribution < -0.4 is 0 Å². The highest BCUT2D eigenvalue weighted by Crippen LogP contribution is 2.29. The van der Waals surface area contributed by atoms with E-state index in [-0.39, 0.29) is 5.82 Å². The van der Waals surface area contributed by atoms with Crippen LogP contribution in [0.4, 0.5) is 4.39 Å². The van der Waals surface area contributed by atoms with Gasteiger partial charge in [0.15, 0.2) is 0 Å². The minimum Gasteiger partial charge on any atom is -0.478 e. The van der Waals surface area contributed by atoms with Crippen LogP contribution in [0.25, 0.3) is 0 Å². The van der Waals surface area contributed by atoms with E-state index in [2.05, 4.69) is 15.0 Å². The van der Waals surface area contributed by atoms with Gasteiger partial charge in [-0.3, -0.25) is 4.68 Å². The molecule has 1 N–H and O–H groups in total. The highest BCUT2D eigenvalue weighted by atomic mass is 32.2. The maximum atomic E-state index is 13.0. The molecule has 0 saturated heterocycles. The summed E-state index contributed by atoms with van der Waals surface area (Å²) in [4.78, 5) is 17.7. The molecular formula is C20H23FN4O2S. The smallest absolute Gasteiger partial charge is 0.338 e. The second kappa shape index (κ2) is 10.1. The molecule has 1 aromatic carbocycles. The van der Waals surface area contributed by atoms with Crippen LogP contribution in [0.15, 0.2) is 59.7 Å². The number of rotatable bonds is 10. The van der Waals surface area contributed by atoms with E-state index in [0.29, 0.717) is 12.1 Å². The molecule has 0 radical (unpaired) electrons. The first-order valence-corrected chi connectivity index (χ1v) is 10.2. The lowest BCUT2D eigenvalue weighted by Gasteiger charge is -2.29. The summed E-state index contributed by atoms with van der Waals surface area (Å²) >= 11 is 1.58. The molecule has 0 bridgehead atoms. The summed E-state index contributed by atoms with van der Waals surface area (Å²) in [5, 5.41) is 14.5. The highest BCUT2D eigenvalue weighted by Gasteiger charge is 2.21. The number of carboxylic acid groups (broad SMARTS) is 1. The third kappa shape index (κ3) is 5.69. The normalized spacial score (nSPS) is 14.0. The Morgan fingerprint density at radius 2 is 2.04 bits per heavy atom. The molecular weight excluding hydrogens is 379 g/mol. The van der Waals surface area contributed by atoms with Crippen LogP contribution in [0.2, 0.25) is 0 Å². The predicted molar refractivity (Wildman–Crippen MR) is 107 cm³/mol. The maximum Gasteiger partial charge on any atom is 0.338 e. The molecule has 2 aromatic rings. The first-order chi connectivity index (χ1) is 13.6. The molecule has 0 fully saturated rings. The number of benzene rings is 1. The van der Waals surface area contributed by atoms with E-state index in [4.69, 9.17) is 0 Å². The van der Waals surface area contributed by atoms with Crippen molar-refractivity contribution in [3.63, 3.8) is 0 Å². The zero-order valence-electron chi connectivity index (χ0n) is 15.5. The van der Waals surface area contributed by atoms with Crippen LogP contribution in [0, 0.1) is 5.82 Å². The second-order valence-corrected chi connectivity index (χ2v) is 7.55. The first kappa shape index (κ1) is 20.1.